The lowest BCUT2D eigenvalue weighted by molar-refractivity contribution is -0.117. The number of dihydropyridines is 1. The molecule has 114 valence electrons. The predicted molar refractivity (Wildman–Crippen MR) is 83.8 cm³/mol. The maximum absolute atomic E-state index is 12.2. The Morgan fingerprint density at radius 2 is 2.23 bits per heavy atom. The molecule has 1 aliphatic carbocycles. The molecule has 3 N–H and O–H groups in total. The summed E-state index contributed by atoms with van der Waals surface area (Å²) in [6.07, 6.45) is 6.29. The van der Waals surface area contributed by atoms with E-state index in [0.717, 1.165) is 30.4 Å². The number of aliphatic hydroxyl groups excluding tert-OH is 1. The average molecular weight is 298 g/mol. The first-order valence-electron chi connectivity index (χ1n) is 7.38. The van der Waals surface area contributed by atoms with Crippen molar-refractivity contribution in [3.8, 4) is 5.75 Å². The smallest absolute Gasteiger partial charge is 0.256 e. The molecule has 0 aromatic heterocycles. The van der Waals surface area contributed by atoms with Crippen LogP contribution in [0.15, 0.2) is 52.2 Å². The number of phenolic OH excluding ortho intramolecular Hbond substituents is 1. The van der Waals surface area contributed by atoms with Crippen molar-refractivity contribution in [2.24, 2.45) is 4.99 Å². The number of carbonyl (C=O) groups is 1. The van der Waals surface area contributed by atoms with Gasteiger partial charge in [-0.25, -0.2) is 0 Å². The fourth-order valence-electron chi connectivity index (χ4n) is 2.76. The first-order chi connectivity index (χ1) is 10.6. The van der Waals surface area contributed by atoms with Gasteiger partial charge in [0, 0.05) is 18.3 Å². The van der Waals surface area contributed by atoms with Gasteiger partial charge in [-0.15, -0.1) is 0 Å². The van der Waals surface area contributed by atoms with E-state index in [-0.39, 0.29) is 35.6 Å². The first-order valence-corrected chi connectivity index (χ1v) is 7.38. The Morgan fingerprint density at radius 1 is 1.36 bits per heavy atom. The number of aromatic hydroxyl groups is 1. The Kier molecular flexibility index (Phi) is 3.96. The number of aliphatic imine (C=N–C) groups is 1. The Bertz CT molecular complexity index is 689. The van der Waals surface area contributed by atoms with E-state index in [0.29, 0.717) is 0 Å². The largest absolute Gasteiger partial charge is 0.508 e. The van der Waals surface area contributed by atoms with Crippen LogP contribution in [-0.2, 0) is 11.3 Å². The van der Waals surface area contributed by atoms with Crippen LogP contribution in [-0.4, -0.2) is 28.4 Å². The van der Waals surface area contributed by atoms with E-state index in [2.05, 4.69) is 10.3 Å². The second-order valence-corrected chi connectivity index (χ2v) is 5.50. The van der Waals surface area contributed by atoms with Gasteiger partial charge in [-0.1, -0.05) is 18.2 Å². The molecule has 3 rings (SSSR count). The van der Waals surface area contributed by atoms with Crippen molar-refractivity contribution in [1.82, 2.24) is 5.32 Å². The molecule has 5 heteroatoms. The molecule has 1 aliphatic heterocycles. The van der Waals surface area contributed by atoms with Gasteiger partial charge in [-0.2, -0.15) is 0 Å². The molecule has 1 aromatic rings. The number of hydrogen-bond donors (Lipinski definition) is 3. The third-order valence-corrected chi connectivity index (χ3v) is 3.93. The van der Waals surface area contributed by atoms with E-state index < -0.39 is 0 Å². The monoisotopic (exact) mass is 298 g/mol. The highest BCUT2D eigenvalue weighted by atomic mass is 16.3. The molecule has 1 amide bonds. The van der Waals surface area contributed by atoms with E-state index in [1.54, 1.807) is 18.2 Å². The molecular formula is C17H18N2O3. The summed E-state index contributed by atoms with van der Waals surface area (Å²) in [5, 5.41) is 22.4. The van der Waals surface area contributed by atoms with Crippen LogP contribution in [0.4, 0.5) is 0 Å². The molecule has 22 heavy (non-hydrogen) atoms. The number of hydrogen-bond acceptors (Lipinski definition) is 4. The Morgan fingerprint density at radius 3 is 3.05 bits per heavy atom. The van der Waals surface area contributed by atoms with Gasteiger partial charge >= 0.3 is 0 Å². The summed E-state index contributed by atoms with van der Waals surface area (Å²) in [6.45, 7) is 0.278. The van der Waals surface area contributed by atoms with Crippen molar-refractivity contribution in [2.75, 3.05) is 0 Å². The van der Waals surface area contributed by atoms with Crippen LogP contribution in [0.2, 0.25) is 0 Å². The number of aliphatic hydroxyl groups is 1. The van der Waals surface area contributed by atoms with Crippen LogP contribution >= 0.6 is 0 Å². The van der Waals surface area contributed by atoms with Gasteiger partial charge in [0.1, 0.15) is 11.5 Å². The fraction of sp³-hybridized carbons (Fsp3) is 0.294. The quantitative estimate of drug-likeness (QED) is 0.801. The van der Waals surface area contributed by atoms with E-state index >= 15 is 0 Å². The van der Waals surface area contributed by atoms with Gasteiger partial charge < -0.3 is 15.5 Å². The van der Waals surface area contributed by atoms with Gasteiger partial charge in [0.15, 0.2) is 0 Å². The Balaban J connectivity index is 1.72. The van der Waals surface area contributed by atoms with Crippen molar-refractivity contribution in [1.29, 1.82) is 0 Å². The lowest BCUT2D eigenvalue weighted by Crippen LogP contribution is -2.30. The minimum Gasteiger partial charge on any atom is -0.508 e. The van der Waals surface area contributed by atoms with Gasteiger partial charge in [-0.3, -0.25) is 9.79 Å². The number of allylic oxidation sites excluding steroid dienone is 1. The summed E-state index contributed by atoms with van der Waals surface area (Å²) < 4.78 is 0. The molecule has 0 bridgehead atoms. The number of carbonyl (C=O) groups excluding carboxylic acids is 1. The summed E-state index contributed by atoms with van der Waals surface area (Å²) in [7, 11) is 0. The van der Waals surface area contributed by atoms with Crippen molar-refractivity contribution in [2.45, 2.75) is 31.8 Å². The number of benzene rings is 1. The van der Waals surface area contributed by atoms with Crippen LogP contribution < -0.4 is 5.32 Å². The number of amides is 1. The molecule has 5 nitrogen and oxygen atoms in total. The molecule has 1 aromatic carbocycles. The number of fused-ring (bicyclic) bond motifs is 1. The number of nitrogens with one attached hydrogen (secondary N) is 1. The minimum absolute atomic E-state index is 0.0172. The van der Waals surface area contributed by atoms with Crippen LogP contribution in [0.25, 0.3) is 0 Å². The second-order valence-electron chi connectivity index (χ2n) is 5.50. The maximum Gasteiger partial charge on any atom is 0.256 e. The van der Waals surface area contributed by atoms with Crippen LogP contribution in [0.1, 0.15) is 24.8 Å². The SMILES string of the molecule is O=C(NCc1cccc(O)c1)C1=C(O)C2=CCCCC2N=C1. The zero-order valence-corrected chi connectivity index (χ0v) is 12.1. The van der Waals surface area contributed by atoms with Crippen LogP contribution in [0, 0.1) is 0 Å². The van der Waals surface area contributed by atoms with Gasteiger partial charge in [0.05, 0.1) is 11.6 Å². The van der Waals surface area contributed by atoms with Gasteiger partial charge in [0.2, 0.25) is 0 Å². The Hall–Kier alpha value is -2.56. The normalized spacial score (nSPS) is 20.4. The van der Waals surface area contributed by atoms with Crippen LogP contribution in [0.5, 0.6) is 5.75 Å². The zero-order valence-electron chi connectivity index (χ0n) is 12.1. The van der Waals surface area contributed by atoms with Crippen molar-refractivity contribution < 1.29 is 15.0 Å². The summed E-state index contributed by atoms with van der Waals surface area (Å²) in [5.74, 6) is -0.175. The molecule has 0 spiro atoms. The number of rotatable bonds is 3. The van der Waals surface area contributed by atoms with E-state index in [4.69, 9.17) is 0 Å². The molecule has 1 atom stereocenters. The summed E-state index contributed by atoms with van der Waals surface area (Å²) in [6, 6.07) is 6.67. The maximum atomic E-state index is 12.2. The lowest BCUT2D eigenvalue weighted by Gasteiger charge is -2.24. The molecule has 0 fully saturated rings. The molecular weight excluding hydrogens is 280 g/mol. The molecule has 1 heterocycles. The summed E-state index contributed by atoms with van der Waals surface area (Å²) in [4.78, 5) is 16.6. The average Bonchev–Trinajstić information content (AvgIpc) is 2.53. The topological polar surface area (TPSA) is 81.9 Å². The van der Waals surface area contributed by atoms with Crippen molar-refractivity contribution >= 4 is 12.1 Å². The summed E-state index contributed by atoms with van der Waals surface area (Å²) >= 11 is 0. The van der Waals surface area contributed by atoms with E-state index in [1.807, 2.05) is 12.1 Å². The van der Waals surface area contributed by atoms with Gasteiger partial charge in [0.25, 0.3) is 5.91 Å². The fourth-order valence-corrected chi connectivity index (χ4v) is 2.76. The number of nitrogens with zero attached hydrogens (tertiary/aromatic N) is 1. The highest BCUT2D eigenvalue weighted by molar-refractivity contribution is 6.13. The molecule has 1 unspecified atom stereocenters. The zero-order chi connectivity index (χ0) is 15.5. The third kappa shape index (κ3) is 2.88. The van der Waals surface area contributed by atoms with Crippen molar-refractivity contribution in [3.63, 3.8) is 0 Å². The third-order valence-electron chi connectivity index (χ3n) is 3.93. The van der Waals surface area contributed by atoms with E-state index in [1.165, 1.54) is 6.21 Å². The molecule has 0 saturated heterocycles. The lowest BCUT2D eigenvalue weighted by atomic mass is 9.89. The standard InChI is InChI=1S/C17H18N2O3/c20-12-5-3-4-11(8-12)9-19-17(22)14-10-18-15-7-2-1-6-13(15)16(14)21/h3-6,8,10,15,20-21H,1-2,7,9H2,(H,19,22). The van der Waals surface area contributed by atoms with Crippen LogP contribution in [0.3, 0.4) is 0 Å². The number of phenols is 1. The van der Waals surface area contributed by atoms with Crippen molar-refractivity contribution in [3.05, 3.63) is 52.8 Å². The highest BCUT2D eigenvalue weighted by Crippen LogP contribution is 2.30. The molecule has 2 aliphatic rings. The molecule has 0 radical (unpaired) electrons. The minimum atomic E-state index is -0.366. The molecule has 0 saturated carbocycles. The summed E-state index contributed by atoms with van der Waals surface area (Å²) in [5.41, 5.74) is 1.75. The van der Waals surface area contributed by atoms with E-state index in [9.17, 15) is 15.0 Å². The Labute approximate surface area is 128 Å². The second kappa shape index (κ2) is 6.05. The first kappa shape index (κ1) is 14.4. The highest BCUT2D eigenvalue weighted by Gasteiger charge is 2.27. The predicted octanol–water partition coefficient (Wildman–Crippen LogP) is 2.38. The van der Waals surface area contributed by atoms with Gasteiger partial charge in [-0.05, 0) is 37.0 Å².